The number of carbonyl (C=O) groups excluding carboxylic acids is 1. The van der Waals surface area contributed by atoms with Crippen LogP contribution in [0.3, 0.4) is 0 Å². The van der Waals surface area contributed by atoms with Crippen LogP contribution in [0.2, 0.25) is 0 Å². The fourth-order valence-corrected chi connectivity index (χ4v) is 3.02. The van der Waals surface area contributed by atoms with Crippen molar-refractivity contribution in [2.45, 2.75) is 13.8 Å². The van der Waals surface area contributed by atoms with Crippen LogP contribution in [0.4, 0.5) is 20.3 Å². The highest BCUT2D eigenvalue weighted by atomic mass is 19.1. The average molecular weight is 375 g/mol. The molecule has 0 aliphatic rings. The fraction of sp³-hybridized carbons (Fsp3) is 0.278. The summed E-state index contributed by atoms with van der Waals surface area (Å²) in [4.78, 5) is 14.7. The van der Waals surface area contributed by atoms with E-state index in [2.05, 4.69) is 15.6 Å². The standard InChI is InChI=1S/C18H19F2N5O2/c1-9-14(18(24(3)4)25(5)22-9)16-15(10(2)27-23-16)17(26)21-13-7-6-11(19)8-12(13)20/h6-8H,1-5H3,(H,21,26). The topological polar surface area (TPSA) is 76.2 Å². The number of anilines is 2. The van der Waals surface area contributed by atoms with Crippen LogP contribution in [0.5, 0.6) is 0 Å². The first-order chi connectivity index (χ1) is 12.7. The summed E-state index contributed by atoms with van der Waals surface area (Å²) in [6.45, 7) is 3.39. The maximum atomic E-state index is 13.9. The smallest absolute Gasteiger partial charge is 0.261 e. The molecule has 2 aromatic heterocycles. The lowest BCUT2D eigenvalue weighted by molar-refractivity contribution is 0.102. The van der Waals surface area contributed by atoms with Gasteiger partial charge in [-0.2, -0.15) is 5.10 Å². The number of rotatable bonds is 4. The van der Waals surface area contributed by atoms with E-state index in [4.69, 9.17) is 4.52 Å². The Morgan fingerprint density at radius 2 is 1.96 bits per heavy atom. The third kappa shape index (κ3) is 3.27. The van der Waals surface area contributed by atoms with E-state index < -0.39 is 17.5 Å². The molecule has 1 amide bonds. The quantitative estimate of drug-likeness (QED) is 0.757. The Balaban J connectivity index is 2.07. The molecule has 0 radical (unpaired) electrons. The van der Waals surface area contributed by atoms with E-state index in [1.54, 1.807) is 25.6 Å². The maximum absolute atomic E-state index is 13.9. The van der Waals surface area contributed by atoms with Crippen molar-refractivity contribution in [2.24, 2.45) is 7.05 Å². The van der Waals surface area contributed by atoms with Gasteiger partial charge in [0.2, 0.25) is 0 Å². The first-order valence-electron chi connectivity index (χ1n) is 8.14. The lowest BCUT2D eigenvalue weighted by Crippen LogP contribution is -2.16. The normalized spacial score (nSPS) is 10.9. The highest BCUT2D eigenvalue weighted by molar-refractivity contribution is 6.09. The second kappa shape index (κ2) is 6.82. The van der Waals surface area contributed by atoms with Gasteiger partial charge < -0.3 is 14.7 Å². The van der Waals surface area contributed by atoms with Gasteiger partial charge in [-0.3, -0.25) is 9.48 Å². The number of aryl methyl sites for hydroxylation is 3. The molecule has 3 aromatic rings. The molecular weight excluding hydrogens is 356 g/mol. The van der Waals surface area contributed by atoms with E-state index in [9.17, 15) is 13.6 Å². The molecule has 0 bridgehead atoms. The van der Waals surface area contributed by atoms with Crippen LogP contribution in [0.15, 0.2) is 22.7 Å². The average Bonchev–Trinajstić information content (AvgIpc) is 3.08. The molecule has 0 atom stereocenters. The molecule has 3 rings (SSSR count). The highest BCUT2D eigenvalue weighted by Gasteiger charge is 2.28. The summed E-state index contributed by atoms with van der Waals surface area (Å²) in [5, 5.41) is 10.9. The van der Waals surface area contributed by atoms with E-state index >= 15 is 0 Å². The van der Waals surface area contributed by atoms with Crippen molar-refractivity contribution in [3.8, 4) is 11.3 Å². The number of benzene rings is 1. The van der Waals surface area contributed by atoms with E-state index in [1.165, 1.54) is 0 Å². The summed E-state index contributed by atoms with van der Waals surface area (Å²) >= 11 is 0. The molecule has 142 valence electrons. The minimum absolute atomic E-state index is 0.135. The van der Waals surface area contributed by atoms with Crippen molar-refractivity contribution in [3.63, 3.8) is 0 Å². The minimum Gasteiger partial charge on any atom is -0.362 e. The van der Waals surface area contributed by atoms with Gasteiger partial charge in [0, 0.05) is 27.2 Å². The number of nitrogens with zero attached hydrogens (tertiary/aromatic N) is 4. The molecule has 0 saturated carbocycles. The summed E-state index contributed by atoms with van der Waals surface area (Å²) in [6, 6.07) is 2.92. The molecule has 0 fully saturated rings. The second-order valence-electron chi connectivity index (χ2n) is 6.34. The number of halogens is 2. The second-order valence-corrected chi connectivity index (χ2v) is 6.34. The molecule has 0 aliphatic carbocycles. The van der Waals surface area contributed by atoms with Crippen molar-refractivity contribution < 1.29 is 18.1 Å². The Morgan fingerprint density at radius 1 is 1.26 bits per heavy atom. The first kappa shape index (κ1) is 18.6. The third-order valence-corrected chi connectivity index (χ3v) is 4.12. The van der Waals surface area contributed by atoms with Crippen molar-refractivity contribution >= 4 is 17.4 Å². The molecule has 27 heavy (non-hydrogen) atoms. The van der Waals surface area contributed by atoms with Crippen LogP contribution in [-0.2, 0) is 7.05 Å². The Morgan fingerprint density at radius 3 is 2.59 bits per heavy atom. The van der Waals surface area contributed by atoms with E-state index in [-0.39, 0.29) is 17.0 Å². The first-order valence-corrected chi connectivity index (χ1v) is 8.14. The molecule has 7 nitrogen and oxygen atoms in total. The SMILES string of the molecule is Cc1nn(C)c(N(C)C)c1-c1noc(C)c1C(=O)Nc1ccc(F)cc1F. The molecular formula is C18H19F2N5O2. The van der Waals surface area contributed by atoms with Crippen LogP contribution >= 0.6 is 0 Å². The van der Waals surface area contributed by atoms with Crippen molar-refractivity contribution in [1.29, 1.82) is 0 Å². The number of amides is 1. The van der Waals surface area contributed by atoms with Gasteiger partial charge in [0.1, 0.15) is 34.5 Å². The Kier molecular flexibility index (Phi) is 4.69. The van der Waals surface area contributed by atoms with Crippen molar-refractivity contribution in [3.05, 3.63) is 46.9 Å². The lowest BCUT2D eigenvalue weighted by Gasteiger charge is -2.15. The van der Waals surface area contributed by atoms with Gasteiger partial charge in [-0.05, 0) is 26.0 Å². The van der Waals surface area contributed by atoms with E-state index in [0.717, 1.165) is 18.0 Å². The third-order valence-electron chi connectivity index (χ3n) is 4.12. The van der Waals surface area contributed by atoms with E-state index in [1.807, 2.05) is 19.0 Å². The number of carbonyl (C=O) groups is 1. The predicted octanol–water partition coefficient (Wildman–Crippen LogP) is 3.29. The molecule has 2 heterocycles. The van der Waals surface area contributed by atoms with Gasteiger partial charge in [-0.25, -0.2) is 8.78 Å². The Hall–Kier alpha value is -3.23. The maximum Gasteiger partial charge on any atom is 0.261 e. The number of aromatic nitrogens is 3. The molecule has 1 aromatic carbocycles. The lowest BCUT2D eigenvalue weighted by atomic mass is 10.0. The van der Waals surface area contributed by atoms with Crippen LogP contribution in [-0.4, -0.2) is 34.9 Å². The van der Waals surface area contributed by atoms with Crippen LogP contribution in [0.1, 0.15) is 21.8 Å². The molecule has 9 heteroatoms. The summed E-state index contributed by atoms with van der Waals surface area (Å²) in [7, 11) is 5.48. The zero-order chi connectivity index (χ0) is 19.9. The Labute approximate surface area is 154 Å². The minimum atomic E-state index is -0.870. The van der Waals surface area contributed by atoms with Crippen molar-refractivity contribution in [2.75, 3.05) is 24.3 Å². The molecule has 0 aliphatic heterocycles. The number of hydrogen-bond acceptors (Lipinski definition) is 5. The van der Waals surface area contributed by atoms with Gasteiger partial charge in [0.15, 0.2) is 0 Å². The van der Waals surface area contributed by atoms with Gasteiger partial charge in [0.05, 0.1) is 16.9 Å². The van der Waals surface area contributed by atoms with Crippen LogP contribution in [0.25, 0.3) is 11.3 Å². The number of nitrogens with one attached hydrogen (secondary N) is 1. The van der Waals surface area contributed by atoms with Gasteiger partial charge in [-0.15, -0.1) is 0 Å². The van der Waals surface area contributed by atoms with Gasteiger partial charge >= 0.3 is 0 Å². The molecule has 0 spiro atoms. The zero-order valence-electron chi connectivity index (χ0n) is 15.6. The van der Waals surface area contributed by atoms with Gasteiger partial charge in [-0.1, -0.05) is 5.16 Å². The monoisotopic (exact) mass is 375 g/mol. The van der Waals surface area contributed by atoms with Crippen LogP contribution in [0, 0.1) is 25.5 Å². The number of hydrogen-bond donors (Lipinski definition) is 1. The van der Waals surface area contributed by atoms with Gasteiger partial charge in [0.25, 0.3) is 5.91 Å². The summed E-state index contributed by atoms with van der Waals surface area (Å²) in [5.74, 6) is -1.19. The van der Waals surface area contributed by atoms with Crippen molar-refractivity contribution in [1.82, 2.24) is 14.9 Å². The molecule has 0 saturated heterocycles. The zero-order valence-corrected chi connectivity index (χ0v) is 15.6. The molecule has 1 N–H and O–H groups in total. The Bertz CT molecular complexity index is 1020. The summed E-state index contributed by atoms with van der Waals surface area (Å²) < 4.78 is 33.9. The molecule has 0 unspecified atom stereocenters. The summed E-state index contributed by atoms with van der Waals surface area (Å²) in [6.07, 6.45) is 0. The largest absolute Gasteiger partial charge is 0.362 e. The highest BCUT2D eigenvalue weighted by Crippen LogP contribution is 2.35. The van der Waals surface area contributed by atoms with Crippen LogP contribution < -0.4 is 10.2 Å². The predicted molar refractivity (Wildman–Crippen MR) is 96.8 cm³/mol. The fourth-order valence-electron chi connectivity index (χ4n) is 3.02. The summed E-state index contributed by atoms with van der Waals surface area (Å²) in [5.41, 5.74) is 1.64. The van der Waals surface area contributed by atoms with E-state index in [0.29, 0.717) is 23.0 Å².